The van der Waals surface area contributed by atoms with Crippen LogP contribution in [0.15, 0.2) is 18.2 Å². The molecule has 0 aliphatic rings. The molecule has 4 nitrogen and oxygen atoms in total. The molecule has 1 amide bonds. The first kappa shape index (κ1) is 17.1. The van der Waals surface area contributed by atoms with Crippen LogP contribution in [-0.2, 0) is 11.0 Å². The fourth-order valence-corrected chi connectivity index (χ4v) is 2.01. The lowest BCUT2D eigenvalue weighted by Gasteiger charge is -2.24. The highest BCUT2D eigenvalue weighted by Crippen LogP contribution is 2.35. The van der Waals surface area contributed by atoms with E-state index < -0.39 is 17.8 Å². The molecule has 0 heterocycles. The highest BCUT2D eigenvalue weighted by molar-refractivity contribution is 5.84. The summed E-state index contributed by atoms with van der Waals surface area (Å²) in [6.07, 6.45) is -4.52. The van der Waals surface area contributed by atoms with E-state index in [9.17, 15) is 18.0 Å². The molecule has 1 rings (SSSR count). The molecule has 3 N–H and O–H groups in total. The van der Waals surface area contributed by atoms with Crippen molar-refractivity contribution in [3.63, 3.8) is 0 Å². The van der Waals surface area contributed by atoms with Crippen LogP contribution in [0, 0.1) is 0 Å². The van der Waals surface area contributed by atoms with Gasteiger partial charge in [0.05, 0.1) is 5.56 Å². The number of carbonyl (C=O) groups excluding carboxylic acids is 1. The van der Waals surface area contributed by atoms with Gasteiger partial charge in [0, 0.05) is 24.5 Å². The number of hydrogen-bond donors (Lipinski definition) is 2. The van der Waals surface area contributed by atoms with E-state index in [4.69, 9.17) is 5.73 Å². The summed E-state index contributed by atoms with van der Waals surface area (Å²) in [5, 5.41) is 2.78. The Bertz CT molecular complexity index is 499. The van der Waals surface area contributed by atoms with Gasteiger partial charge < -0.3 is 16.0 Å². The third-order valence-corrected chi connectivity index (χ3v) is 3.19. The van der Waals surface area contributed by atoms with E-state index in [0.717, 1.165) is 6.07 Å². The minimum Gasteiger partial charge on any atom is -0.398 e. The molecule has 1 aromatic rings. The van der Waals surface area contributed by atoms with Crippen molar-refractivity contribution in [2.24, 2.45) is 0 Å². The van der Waals surface area contributed by atoms with Crippen molar-refractivity contribution in [3.05, 3.63) is 23.8 Å². The number of carbonyl (C=O) groups is 1. The number of hydrogen-bond acceptors (Lipinski definition) is 3. The minimum atomic E-state index is -4.52. The molecule has 118 valence electrons. The van der Waals surface area contributed by atoms with Gasteiger partial charge in [-0.05, 0) is 39.0 Å². The molecule has 1 unspecified atom stereocenters. The van der Waals surface area contributed by atoms with Gasteiger partial charge in [0.25, 0.3) is 0 Å². The second-order valence-electron chi connectivity index (χ2n) is 4.68. The van der Waals surface area contributed by atoms with Crippen LogP contribution in [0.25, 0.3) is 0 Å². The third kappa shape index (κ3) is 4.27. The molecule has 1 aromatic carbocycles. The maximum atomic E-state index is 12.8. The first-order valence-corrected chi connectivity index (χ1v) is 6.72. The van der Waals surface area contributed by atoms with Crippen LogP contribution in [0.1, 0.15) is 26.3 Å². The number of nitrogens with two attached hydrogens (primary N) is 1. The van der Waals surface area contributed by atoms with E-state index in [1.54, 1.807) is 11.8 Å². The topological polar surface area (TPSA) is 58.4 Å². The molecule has 0 aromatic heterocycles. The van der Waals surface area contributed by atoms with Gasteiger partial charge in [-0.25, -0.2) is 0 Å². The summed E-state index contributed by atoms with van der Waals surface area (Å²) < 4.78 is 38.3. The second-order valence-corrected chi connectivity index (χ2v) is 4.68. The van der Waals surface area contributed by atoms with Gasteiger partial charge in [0.1, 0.15) is 6.04 Å². The summed E-state index contributed by atoms with van der Waals surface area (Å²) in [7, 11) is 0. The van der Waals surface area contributed by atoms with Crippen LogP contribution in [0.5, 0.6) is 0 Å². The Kier molecular flexibility index (Phi) is 5.46. The number of nitrogen functional groups attached to an aromatic ring is 1. The van der Waals surface area contributed by atoms with Crippen LogP contribution in [0.2, 0.25) is 0 Å². The van der Waals surface area contributed by atoms with E-state index in [-0.39, 0.29) is 17.3 Å². The Morgan fingerprint density at radius 1 is 1.33 bits per heavy atom. The first-order valence-electron chi connectivity index (χ1n) is 6.72. The van der Waals surface area contributed by atoms with Crippen molar-refractivity contribution in [1.82, 2.24) is 4.90 Å². The van der Waals surface area contributed by atoms with Crippen LogP contribution >= 0.6 is 0 Å². The molecule has 0 saturated carbocycles. The molecule has 0 bridgehead atoms. The van der Waals surface area contributed by atoms with Crippen LogP contribution < -0.4 is 11.1 Å². The van der Waals surface area contributed by atoms with Crippen molar-refractivity contribution in [1.29, 1.82) is 0 Å². The molecule has 0 radical (unpaired) electrons. The summed E-state index contributed by atoms with van der Waals surface area (Å²) in [6, 6.07) is 2.91. The van der Waals surface area contributed by atoms with E-state index >= 15 is 0 Å². The number of alkyl halides is 3. The summed E-state index contributed by atoms with van der Waals surface area (Å²) in [4.78, 5) is 13.7. The molecule has 1 atom stereocenters. The minimum absolute atomic E-state index is 0.162. The highest BCUT2D eigenvalue weighted by atomic mass is 19.4. The molecule has 0 aliphatic carbocycles. The lowest BCUT2D eigenvalue weighted by molar-refractivity contribution is -0.136. The maximum absolute atomic E-state index is 12.8. The number of nitrogens with zero attached hydrogens (tertiary/aromatic N) is 1. The molecular weight excluding hydrogens is 283 g/mol. The molecule has 7 heteroatoms. The summed E-state index contributed by atoms with van der Waals surface area (Å²) in [5.41, 5.74) is 4.30. The Morgan fingerprint density at radius 3 is 2.38 bits per heavy atom. The summed E-state index contributed by atoms with van der Waals surface area (Å²) >= 11 is 0. The zero-order valence-corrected chi connectivity index (χ0v) is 12.3. The third-order valence-electron chi connectivity index (χ3n) is 3.19. The predicted molar refractivity (Wildman–Crippen MR) is 76.9 cm³/mol. The van der Waals surface area contributed by atoms with Gasteiger partial charge in [0.2, 0.25) is 5.91 Å². The second kappa shape index (κ2) is 6.69. The van der Waals surface area contributed by atoms with Gasteiger partial charge in [-0.3, -0.25) is 4.79 Å². The molecule has 0 saturated heterocycles. The van der Waals surface area contributed by atoms with Crippen molar-refractivity contribution < 1.29 is 18.0 Å². The van der Waals surface area contributed by atoms with Crippen LogP contribution in [0.4, 0.5) is 24.5 Å². The normalized spacial score (nSPS) is 12.9. The zero-order valence-electron chi connectivity index (χ0n) is 12.3. The van der Waals surface area contributed by atoms with Gasteiger partial charge in [-0.1, -0.05) is 0 Å². The maximum Gasteiger partial charge on any atom is 0.418 e. The Morgan fingerprint density at radius 2 is 1.90 bits per heavy atom. The zero-order chi connectivity index (χ0) is 16.2. The van der Waals surface area contributed by atoms with Gasteiger partial charge in [-0.15, -0.1) is 0 Å². The SMILES string of the molecule is CCN(CC)C(=O)C(C)Nc1ccc(N)c(C(F)(F)F)c1. The lowest BCUT2D eigenvalue weighted by Crippen LogP contribution is -2.41. The number of benzene rings is 1. The predicted octanol–water partition coefficient (Wildman–Crippen LogP) is 2.96. The van der Waals surface area contributed by atoms with E-state index in [1.165, 1.54) is 12.1 Å². The molecule has 0 spiro atoms. The highest BCUT2D eigenvalue weighted by Gasteiger charge is 2.33. The molecular formula is C14H20F3N3O. The van der Waals surface area contributed by atoms with Gasteiger partial charge >= 0.3 is 6.18 Å². The van der Waals surface area contributed by atoms with Crippen molar-refractivity contribution in [2.75, 3.05) is 24.1 Å². The van der Waals surface area contributed by atoms with E-state index in [1.807, 2.05) is 13.8 Å². The van der Waals surface area contributed by atoms with Crippen LogP contribution in [0.3, 0.4) is 0 Å². The van der Waals surface area contributed by atoms with E-state index in [0.29, 0.717) is 13.1 Å². The number of halogens is 3. The fraction of sp³-hybridized carbons (Fsp3) is 0.500. The Labute approximate surface area is 122 Å². The van der Waals surface area contributed by atoms with Crippen molar-refractivity contribution in [2.45, 2.75) is 33.0 Å². The quantitative estimate of drug-likeness (QED) is 0.822. The molecule has 0 fully saturated rings. The summed E-state index contributed by atoms with van der Waals surface area (Å²) in [6.45, 7) is 6.41. The molecule has 21 heavy (non-hydrogen) atoms. The van der Waals surface area contributed by atoms with Crippen molar-refractivity contribution in [3.8, 4) is 0 Å². The fourth-order valence-electron chi connectivity index (χ4n) is 2.01. The van der Waals surface area contributed by atoms with Crippen LogP contribution in [-0.4, -0.2) is 29.9 Å². The van der Waals surface area contributed by atoms with Crippen molar-refractivity contribution >= 4 is 17.3 Å². The largest absolute Gasteiger partial charge is 0.418 e. The smallest absolute Gasteiger partial charge is 0.398 e. The number of anilines is 2. The average molecular weight is 303 g/mol. The monoisotopic (exact) mass is 303 g/mol. The van der Waals surface area contributed by atoms with Gasteiger partial charge in [-0.2, -0.15) is 13.2 Å². The first-order chi connectivity index (χ1) is 9.70. The number of rotatable bonds is 5. The van der Waals surface area contributed by atoms with E-state index in [2.05, 4.69) is 5.32 Å². The molecule has 0 aliphatic heterocycles. The Hall–Kier alpha value is -1.92. The average Bonchev–Trinajstić information content (AvgIpc) is 2.40. The number of likely N-dealkylation sites (N-methyl/N-ethyl adjacent to an activating group) is 1. The lowest BCUT2D eigenvalue weighted by atomic mass is 10.1. The van der Waals surface area contributed by atoms with Gasteiger partial charge in [0.15, 0.2) is 0 Å². The number of nitrogens with one attached hydrogen (secondary N) is 1. The summed E-state index contributed by atoms with van der Waals surface area (Å²) in [5.74, 6) is -0.162. The number of amides is 1. The Balaban J connectivity index is 2.91. The standard InChI is InChI=1S/C14H20F3N3O/c1-4-20(5-2)13(21)9(3)19-10-6-7-12(18)11(8-10)14(15,16)17/h6-9,19H,4-5,18H2,1-3H3.